The predicted octanol–water partition coefficient (Wildman–Crippen LogP) is 3.82. The van der Waals surface area contributed by atoms with Crippen LogP contribution in [0.4, 0.5) is 8.78 Å². The monoisotopic (exact) mass is 424 g/mol. The highest BCUT2D eigenvalue weighted by atomic mass is 32.2. The number of ether oxygens (including phenoxy) is 1. The zero-order valence-corrected chi connectivity index (χ0v) is 17.6. The van der Waals surface area contributed by atoms with E-state index < -0.39 is 17.6 Å². The number of carboxylic acid groups (broad SMARTS) is 1. The fraction of sp³-hybridized carbons (Fsp3) is 0.476. The third-order valence-electron chi connectivity index (χ3n) is 5.12. The van der Waals surface area contributed by atoms with Crippen molar-refractivity contribution >= 4 is 17.7 Å². The van der Waals surface area contributed by atoms with Crippen LogP contribution in [0, 0.1) is 11.6 Å². The smallest absolute Gasteiger partial charge is 0.338 e. The second-order valence-corrected chi connectivity index (χ2v) is 8.50. The van der Waals surface area contributed by atoms with Crippen molar-refractivity contribution in [3.05, 3.63) is 57.6 Å². The van der Waals surface area contributed by atoms with Gasteiger partial charge in [0.05, 0.1) is 23.8 Å². The lowest BCUT2D eigenvalue weighted by Gasteiger charge is -2.47. The summed E-state index contributed by atoms with van der Waals surface area (Å²) in [6.45, 7) is 7.88. The molecule has 1 fully saturated rings. The van der Waals surface area contributed by atoms with Gasteiger partial charge < -0.3 is 14.7 Å². The number of thioether (sulfide) groups is 1. The largest absolute Gasteiger partial charge is 0.478 e. The number of rotatable bonds is 6. The topological polar surface area (TPSA) is 53.0 Å². The number of nitrogens with zero attached hydrogens (tertiary/aromatic N) is 2. The number of hydrogen-bond acceptors (Lipinski definition) is 5. The van der Waals surface area contributed by atoms with Gasteiger partial charge >= 0.3 is 5.97 Å². The van der Waals surface area contributed by atoms with Crippen LogP contribution < -0.4 is 0 Å². The fourth-order valence-electron chi connectivity index (χ4n) is 3.85. The van der Waals surface area contributed by atoms with E-state index in [1.54, 1.807) is 6.92 Å². The molecule has 0 radical (unpaired) electrons. The summed E-state index contributed by atoms with van der Waals surface area (Å²) < 4.78 is 33.2. The van der Waals surface area contributed by atoms with Crippen molar-refractivity contribution in [1.29, 1.82) is 0 Å². The van der Waals surface area contributed by atoms with E-state index in [1.165, 1.54) is 23.9 Å². The third-order valence-corrected chi connectivity index (χ3v) is 6.12. The Morgan fingerprint density at radius 3 is 2.59 bits per heavy atom. The molecule has 0 saturated carbocycles. The van der Waals surface area contributed by atoms with E-state index in [0.717, 1.165) is 6.07 Å². The van der Waals surface area contributed by atoms with E-state index in [9.17, 15) is 18.7 Å². The lowest BCUT2D eigenvalue weighted by Crippen LogP contribution is -2.56. The van der Waals surface area contributed by atoms with Crippen LogP contribution in [0.2, 0.25) is 0 Å². The van der Waals surface area contributed by atoms with Crippen molar-refractivity contribution in [3.63, 3.8) is 0 Å². The molecule has 0 aliphatic carbocycles. The molecule has 8 heteroatoms. The molecule has 0 aromatic heterocycles. The van der Waals surface area contributed by atoms with Gasteiger partial charge in [-0.05, 0) is 48.9 Å². The maximum absolute atomic E-state index is 13.8. The molecule has 0 spiro atoms. The Morgan fingerprint density at radius 1 is 1.31 bits per heavy atom. The molecule has 1 aromatic carbocycles. The van der Waals surface area contributed by atoms with E-state index >= 15 is 0 Å². The van der Waals surface area contributed by atoms with E-state index in [4.69, 9.17) is 4.74 Å². The Labute approximate surface area is 174 Å². The molecule has 3 rings (SSSR count). The lowest BCUT2D eigenvalue weighted by atomic mass is 10.0. The highest BCUT2D eigenvalue weighted by Gasteiger charge is 2.36. The van der Waals surface area contributed by atoms with E-state index in [0.29, 0.717) is 41.7 Å². The quantitative estimate of drug-likeness (QED) is 0.749. The van der Waals surface area contributed by atoms with Crippen LogP contribution in [-0.4, -0.2) is 58.6 Å². The molecule has 1 unspecified atom stereocenters. The van der Waals surface area contributed by atoms with Gasteiger partial charge in [-0.1, -0.05) is 6.92 Å². The van der Waals surface area contributed by atoms with E-state index in [1.807, 2.05) is 17.9 Å². The molecule has 29 heavy (non-hydrogen) atoms. The summed E-state index contributed by atoms with van der Waals surface area (Å²) in [5.41, 5.74) is 1.39. The fourth-order valence-corrected chi connectivity index (χ4v) is 4.86. The Balaban J connectivity index is 2.07. The van der Waals surface area contributed by atoms with Gasteiger partial charge in [0, 0.05) is 25.2 Å². The third kappa shape index (κ3) is 4.82. The van der Waals surface area contributed by atoms with Crippen LogP contribution in [0.1, 0.15) is 26.3 Å². The Morgan fingerprint density at radius 2 is 2.00 bits per heavy atom. The number of morpholine rings is 1. The van der Waals surface area contributed by atoms with Gasteiger partial charge in [-0.3, -0.25) is 4.90 Å². The lowest BCUT2D eigenvalue weighted by molar-refractivity contribution is -0.132. The Kier molecular flexibility index (Phi) is 6.97. The second-order valence-electron chi connectivity index (χ2n) is 7.25. The number of carbonyl (C=O) groups is 1. The minimum Gasteiger partial charge on any atom is -0.478 e. The number of hydrogen-bond donors (Lipinski definition) is 1. The zero-order chi connectivity index (χ0) is 21.1. The van der Waals surface area contributed by atoms with Crippen molar-refractivity contribution in [2.24, 2.45) is 0 Å². The first-order chi connectivity index (χ1) is 13.8. The maximum Gasteiger partial charge on any atom is 0.338 e. The standard InChI is InChI=1S/C21H26F2N2O3S/c1-4-29-20-19(21(26)27)13(2)7-18(24-5-6-28-12-14(24)3)25(20)11-15-8-16(22)10-17(23)9-15/h7-10,14,18H,4-6,11-12H2,1-3H3,(H,26,27)/t14-,18?/m1/s1. The average molecular weight is 425 g/mol. The molecule has 0 amide bonds. The molecule has 1 saturated heterocycles. The van der Waals surface area contributed by atoms with Crippen LogP contribution in [0.25, 0.3) is 0 Å². The van der Waals surface area contributed by atoms with Gasteiger partial charge in [0.2, 0.25) is 0 Å². The summed E-state index contributed by atoms with van der Waals surface area (Å²) in [6.07, 6.45) is 1.71. The number of benzene rings is 1. The SMILES string of the molecule is CCSC1=C(C(=O)O)C(C)=CC(N2CCOC[C@H]2C)N1Cc1cc(F)cc(F)c1. The minimum atomic E-state index is -1.00. The van der Waals surface area contributed by atoms with Crippen LogP contribution in [0.5, 0.6) is 0 Å². The first-order valence-corrected chi connectivity index (χ1v) is 10.6. The number of carboxylic acids is 1. The summed E-state index contributed by atoms with van der Waals surface area (Å²) in [5.74, 6) is -1.61. The molecule has 1 aromatic rings. The number of aliphatic carboxylic acids is 1. The second kappa shape index (κ2) is 9.28. The van der Waals surface area contributed by atoms with Crippen molar-refractivity contribution in [2.45, 2.75) is 39.5 Å². The van der Waals surface area contributed by atoms with Crippen LogP contribution >= 0.6 is 11.8 Å². The maximum atomic E-state index is 13.8. The highest BCUT2D eigenvalue weighted by molar-refractivity contribution is 8.03. The Hall–Kier alpha value is -1.90. The summed E-state index contributed by atoms with van der Waals surface area (Å²) in [5, 5.41) is 10.5. The first-order valence-electron chi connectivity index (χ1n) is 9.66. The van der Waals surface area contributed by atoms with Crippen molar-refractivity contribution in [2.75, 3.05) is 25.5 Å². The summed E-state index contributed by atoms with van der Waals surface area (Å²) in [6, 6.07) is 3.56. The predicted molar refractivity (Wildman–Crippen MR) is 109 cm³/mol. The van der Waals surface area contributed by atoms with Crippen LogP contribution in [0.15, 0.2) is 40.5 Å². The van der Waals surface area contributed by atoms with Gasteiger partial charge in [0.15, 0.2) is 0 Å². The van der Waals surface area contributed by atoms with Crippen molar-refractivity contribution in [3.8, 4) is 0 Å². The molecule has 2 atom stereocenters. The van der Waals surface area contributed by atoms with Gasteiger partial charge in [0.25, 0.3) is 0 Å². The average Bonchev–Trinajstić information content (AvgIpc) is 2.63. The minimum absolute atomic E-state index is 0.129. The van der Waals surface area contributed by atoms with Gasteiger partial charge in [-0.25, -0.2) is 13.6 Å². The van der Waals surface area contributed by atoms with Gasteiger partial charge in [-0.15, -0.1) is 11.8 Å². The molecule has 5 nitrogen and oxygen atoms in total. The Bertz CT molecular complexity index is 823. The number of halogens is 2. The summed E-state index contributed by atoms with van der Waals surface area (Å²) in [4.78, 5) is 16.2. The molecule has 2 aliphatic rings. The van der Waals surface area contributed by atoms with E-state index in [2.05, 4.69) is 11.8 Å². The van der Waals surface area contributed by atoms with E-state index in [-0.39, 0.29) is 24.3 Å². The molecule has 2 aliphatic heterocycles. The zero-order valence-electron chi connectivity index (χ0n) is 16.8. The molecule has 2 heterocycles. The van der Waals surface area contributed by atoms with Crippen molar-refractivity contribution in [1.82, 2.24) is 9.80 Å². The summed E-state index contributed by atoms with van der Waals surface area (Å²) in [7, 11) is 0. The van der Waals surface area contributed by atoms with Gasteiger partial charge in [0.1, 0.15) is 17.8 Å². The first kappa shape index (κ1) is 21.8. The van der Waals surface area contributed by atoms with Crippen LogP contribution in [-0.2, 0) is 16.1 Å². The molecular weight excluding hydrogens is 398 g/mol. The van der Waals surface area contributed by atoms with Crippen molar-refractivity contribution < 1.29 is 23.4 Å². The highest BCUT2D eigenvalue weighted by Crippen LogP contribution is 2.37. The molecule has 1 N–H and O–H groups in total. The van der Waals surface area contributed by atoms with Gasteiger partial charge in [-0.2, -0.15) is 0 Å². The summed E-state index contributed by atoms with van der Waals surface area (Å²) >= 11 is 1.44. The molecular formula is C21H26F2N2O3S. The molecule has 0 bridgehead atoms. The molecule has 158 valence electrons. The normalized spacial score (nSPS) is 23.3. The van der Waals surface area contributed by atoms with Crippen LogP contribution in [0.3, 0.4) is 0 Å².